The highest BCUT2D eigenvalue weighted by atomic mass is 16.3. The molecular weight excluding hydrogens is 200 g/mol. The van der Waals surface area contributed by atoms with Gasteiger partial charge in [0.25, 0.3) is 0 Å². The van der Waals surface area contributed by atoms with E-state index in [0.29, 0.717) is 6.54 Å². The highest BCUT2D eigenvalue weighted by Crippen LogP contribution is 2.05. The molecule has 0 aliphatic carbocycles. The van der Waals surface area contributed by atoms with Gasteiger partial charge >= 0.3 is 0 Å². The molecule has 90 valence electrons. The first-order valence-corrected chi connectivity index (χ1v) is 5.91. The molecule has 0 heterocycles. The summed E-state index contributed by atoms with van der Waals surface area (Å²) in [5.74, 6) is 0. The third-order valence-electron chi connectivity index (χ3n) is 2.57. The van der Waals surface area contributed by atoms with E-state index in [0.717, 1.165) is 26.1 Å². The molecule has 0 amide bonds. The quantitative estimate of drug-likeness (QED) is 0.576. The number of nitrogens with one attached hydrogen (secondary N) is 2. The first kappa shape index (κ1) is 13.2. The minimum absolute atomic E-state index is 0.219. The molecule has 0 saturated heterocycles. The summed E-state index contributed by atoms with van der Waals surface area (Å²) in [6, 6.07) is 8.44. The summed E-state index contributed by atoms with van der Waals surface area (Å²) in [4.78, 5) is 0. The van der Waals surface area contributed by atoms with E-state index in [2.05, 4.69) is 41.8 Å². The molecule has 0 spiro atoms. The third kappa shape index (κ3) is 5.26. The summed E-state index contributed by atoms with van der Waals surface area (Å²) in [6.45, 7) is 5.95. The van der Waals surface area contributed by atoms with Crippen LogP contribution in [0.3, 0.4) is 0 Å². The van der Waals surface area contributed by atoms with Gasteiger partial charge in [-0.3, -0.25) is 0 Å². The van der Waals surface area contributed by atoms with Gasteiger partial charge in [-0.1, -0.05) is 24.3 Å². The average Bonchev–Trinajstić information content (AvgIpc) is 2.30. The lowest BCUT2D eigenvalue weighted by Gasteiger charge is -2.07. The first-order valence-electron chi connectivity index (χ1n) is 5.91. The van der Waals surface area contributed by atoms with Crippen molar-refractivity contribution in [2.24, 2.45) is 0 Å². The van der Waals surface area contributed by atoms with Crippen LogP contribution in [0.1, 0.15) is 17.5 Å². The van der Waals surface area contributed by atoms with Crippen LogP contribution in [-0.2, 0) is 6.54 Å². The zero-order valence-corrected chi connectivity index (χ0v) is 10.00. The molecule has 16 heavy (non-hydrogen) atoms. The molecule has 3 N–H and O–H groups in total. The highest BCUT2D eigenvalue weighted by Gasteiger charge is 1.95. The average molecular weight is 222 g/mol. The van der Waals surface area contributed by atoms with Crippen molar-refractivity contribution >= 4 is 0 Å². The molecule has 0 aliphatic heterocycles. The lowest BCUT2D eigenvalue weighted by atomic mass is 10.1. The number of hydrogen-bond donors (Lipinski definition) is 3. The minimum Gasteiger partial charge on any atom is -0.395 e. The minimum atomic E-state index is 0.219. The second kappa shape index (κ2) is 8.28. The van der Waals surface area contributed by atoms with E-state index >= 15 is 0 Å². The lowest BCUT2D eigenvalue weighted by molar-refractivity contribution is 0.292. The second-order valence-electron chi connectivity index (χ2n) is 3.93. The number of hydrogen-bond acceptors (Lipinski definition) is 3. The number of aliphatic hydroxyl groups excluding tert-OH is 1. The van der Waals surface area contributed by atoms with Crippen LogP contribution < -0.4 is 10.6 Å². The van der Waals surface area contributed by atoms with Crippen molar-refractivity contribution in [1.29, 1.82) is 0 Å². The Bertz CT molecular complexity index is 289. The molecule has 1 rings (SSSR count). The fourth-order valence-corrected chi connectivity index (χ4v) is 1.57. The molecule has 0 aromatic heterocycles. The maximum Gasteiger partial charge on any atom is 0.0555 e. The van der Waals surface area contributed by atoms with Crippen LogP contribution in [0.2, 0.25) is 0 Å². The monoisotopic (exact) mass is 222 g/mol. The van der Waals surface area contributed by atoms with Crippen LogP contribution in [0.5, 0.6) is 0 Å². The fraction of sp³-hybridized carbons (Fsp3) is 0.538. The third-order valence-corrected chi connectivity index (χ3v) is 2.57. The topological polar surface area (TPSA) is 44.3 Å². The van der Waals surface area contributed by atoms with E-state index in [-0.39, 0.29) is 6.61 Å². The maximum atomic E-state index is 8.57. The number of aryl methyl sites for hydroxylation is 1. The number of rotatable bonds is 8. The molecular formula is C13H22N2O. The number of aliphatic hydroxyl groups is 1. The molecule has 0 saturated carbocycles. The summed E-state index contributed by atoms with van der Waals surface area (Å²) >= 11 is 0. The van der Waals surface area contributed by atoms with E-state index in [1.165, 1.54) is 11.1 Å². The molecule has 0 fully saturated rings. The molecule has 1 aromatic rings. The van der Waals surface area contributed by atoms with Crippen LogP contribution in [0.4, 0.5) is 0 Å². The van der Waals surface area contributed by atoms with Gasteiger partial charge in [-0.05, 0) is 37.6 Å². The Morgan fingerprint density at radius 1 is 1.06 bits per heavy atom. The van der Waals surface area contributed by atoms with Crippen molar-refractivity contribution in [3.63, 3.8) is 0 Å². The van der Waals surface area contributed by atoms with Crippen LogP contribution in [-0.4, -0.2) is 31.3 Å². The van der Waals surface area contributed by atoms with Gasteiger partial charge in [0.05, 0.1) is 6.61 Å². The maximum absolute atomic E-state index is 8.57. The van der Waals surface area contributed by atoms with Gasteiger partial charge in [0.1, 0.15) is 0 Å². The van der Waals surface area contributed by atoms with Gasteiger partial charge in [-0.25, -0.2) is 0 Å². The molecule has 0 radical (unpaired) electrons. The normalized spacial score (nSPS) is 10.6. The van der Waals surface area contributed by atoms with Gasteiger partial charge in [0.2, 0.25) is 0 Å². The summed E-state index contributed by atoms with van der Waals surface area (Å²) in [5, 5.41) is 15.1. The Morgan fingerprint density at radius 2 is 1.81 bits per heavy atom. The van der Waals surface area contributed by atoms with Gasteiger partial charge in [-0.15, -0.1) is 0 Å². The Kier molecular flexibility index (Phi) is 6.81. The molecule has 1 aromatic carbocycles. The van der Waals surface area contributed by atoms with E-state index in [9.17, 15) is 0 Å². The van der Waals surface area contributed by atoms with Crippen molar-refractivity contribution in [2.45, 2.75) is 19.9 Å². The summed E-state index contributed by atoms with van der Waals surface area (Å²) in [7, 11) is 0. The van der Waals surface area contributed by atoms with Crippen LogP contribution >= 0.6 is 0 Å². The molecule has 3 nitrogen and oxygen atoms in total. The Hall–Kier alpha value is -0.900. The predicted molar refractivity (Wildman–Crippen MR) is 67.5 cm³/mol. The summed E-state index contributed by atoms with van der Waals surface area (Å²) < 4.78 is 0. The molecule has 0 bridgehead atoms. The van der Waals surface area contributed by atoms with Crippen molar-refractivity contribution < 1.29 is 5.11 Å². The predicted octanol–water partition coefficient (Wildman–Crippen LogP) is 1.06. The van der Waals surface area contributed by atoms with E-state index < -0.39 is 0 Å². The second-order valence-corrected chi connectivity index (χ2v) is 3.93. The van der Waals surface area contributed by atoms with Crippen molar-refractivity contribution in [2.75, 3.05) is 26.2 Å². The van der Waals surface area contributed by atoms with Gasteiger partial charge in [0.15, 0.2) is 0 Å². The zero-order valence-electron chi connectivity index (χ0n) is 10.00. The fourth-order valence-electron chi connectivity index (χ4n) is 1.57. The van der Waals surface area contributed by atoms with Gasteiger partial charge in [0, 0.05) is 13.1 Å². The summed E-state index contributed by atoms with van der Waals surface area (Å²) in [5.41, 5.74) is 2.71. The van der Waals surface area contributed by atoms with Crippen molar-refractivity contribution in [3.05, 3.63) is 35.4 Å². The smallest absolute Gasteiger partial charge is 0.0555 e. The Labute approximate surface area is 97.9 Å². The lowest BCUT2D eigenvalue weighted by Crippen LogP contribution is -2.24. The Balaban J connectivity index is 2.05. The molecule has 3 heteroatoms. The SMILES string of the molecule is Cc1ccccc1CNCCCNCCO. The number of benzene rings is 1. The molecule has 0 atom stereocenters. The first-order chi connectivity index (χ1) is 7.84. The standard InChI is InChI=1S/C13H22N2O/c1-12-5-2-3-6-13(12)11-15-8-4-7-14-9-10-16/h2-3,5-6,14-16H,4,7-11H2,1H3. The van der Waals surface area contributed by atoms with E-state index in [1.54, 1.807) is 0 Å². The highest BCUT2D eigenvalue weighted by molar-refractivity contribution is 5.25. The van der Waals surface area contributed by atoms with Crippen LogP contribution in [0.15, 0.2) is 24.3 Å². The summed E-state index contributed by atoms with van der Waals surface area (Å²) in [6.07, 6.45) is 1.09. The van der Waals surface area contributed by atoms with E-state index in [4.69, 9.17) is 5.11 Å². The Morgan fingerprint density at radius 3 is 2.56 bits per heavy atom. The van der Waals surface area contributed by atoms with E-state index in [1.807, 2.05) is 0 Å². The van der Waals surface area contributed by atoms with Crippen LogP contribution in [0.25, 0.3) is 0 Å². The molecule has 0 unspecified atom stereocenters. The largest absolute Gasteiger partial charge is 0.395 e. The van der Waals surface area contributed by atoms with Gasteiger partial charge < -0.3 is 15.7 Å². The van der Waals surface area contributed by atoms with Crippen molar-refractivity contribution in [1.82, 2.24) is 10.6 Å². The van der Waals surface area contributed by atoms with Gasteiger partial charge in [-0.2, -0.15) is 0 Å². The van der Waals surface area contributed by atoms with Crippen molar-refractivity contribution in [3.8, 4) is 0 Å². The van der Waals surface area contributed by atoms with Crippen LogP contribution in [0, 0.1) is 6.92 Å². The molecule has 0 aliphatic rings. The zero-order chi connectivity index (χ0) is 11.6.